The van der Waals surface area contributed by atoms with Crippen LogP contribution in [0, 0.1) is 5.92 Å². The number of amides is 2. The molecule has 0 aromatic rings. The molecule has 2 unspecified atom stereocenters. The predicted molar refractivity (Wildman–Crippen MR) is 69.2 cm³/mol. The highest BCUT2D eigenvalue weighted by Crippen LogP contribution is 2.22. The van der Waals surface area contributed by atoms with Crippen LogP contribution in [0.3, 0.4) is 0 Å². The fourth-order valence-electron chi connectivity index (χ4n) is 2.23. The van der Waals surface area contributed by atoms with Gasteiger partial charge in [-0.2, -0.15) is 0 Å². The van der Waals surface area contributed by atoms with E-state index in [2.05, 4.69) is 17.6 Å². The Hall–Kier alpha value is -1.26. The Labute approximate surface area is 109 Å². The number of carbonyl (C=O) groups is 2. The highest BCUT2D eigenvalue weighted by molar-refractivity contribution is 5.80. The third kappa shape index (κ3) is 5.89. The van der Waals surface area contributed by atoms with Gasteiger partial charge in [-0.3, -0.25) is 4.79 Å². The molecule has 0 aliphatic heterocycles. The number of rotatable bonds is 4. The van der Waals surface area contributed by atoms with Crippen LogP contribution in [0.2, 0.25) is 0 Å². The van der Waals surface area contributed by atoms with Gasteiger partial charge in [-0.1, -0.05) is 19.8 Å². The molecule has 0 aromatic heterocycles. The van der Waals surface area contributed by atoms with Crippen molar-refractivity contribution in [3.05, 3.63) is 0 Å². The summed E-state index contributed by atoms with van der Waals surface area (Å²) in [6.45, 7) is 4.26. The fourth-order valence-corrected chi connectivity index (χ4v) is 2.23. The van der Waals surface area contributed by atoms with E-state index in [1.165, 1.54) is 6.42 Å². The van der Waals surface area contributed by atoms with Crippen LogP contribution in [-0.4, -0.2) is 31.2 Å². The lowest BCUT2D eigenvalue weighted by Gasteiger charge is -2.16. The molecule has 104 valence electrons. The second-order valence-corrected chi connectivity index (χ2v) is 4.94. The van der Waals surface area contributed by atoms with E-state index in [9.17, 15) is 9.59 Å². The number of esters is 1. The van der Waals surface area contributed by atoms with Crippen molar-refractivity contribution in [2.45, 2.75) is 52.0 Å². The van der Waals surface area contributed by atoms with Gasteiger partial charge in [0.25, 0.3) is 0 Å². The van der Waals surface area contributed by atoms with E-state index in [1.54, 1.807) is 6.92 Å². The van der Waals surface area contributed by atoms with Crippen molar-refractivity contribution in [1.82, 2.24) is 10.6 Å². The van der Waals surface area contributed by atoms with E-state index >= 15 is 0 Å². The zero-order valence-electron chi connectivity index (χ0n) is 11.3. The zero-order chi connectivity index (χ0) is 13.4. The van der Waals surface area contributed by atoms with Crippen molar-refractivity contribution >= 4 is 12.0 Å². The number of hydrogen-bond acceptors (Lipinski definition) is 3. The van der Waals surface area contributed by atoms with Crippen LogP contribution < -0.4 is 10.6 Å². The van der Waals surface area contributed by atoms with Gasteiger partial charge in [-0.05, 0) is 32.1 Å². The van der Waals surface area contributed by atoms with E-state index in [-0.39, 0.29) is 18.6 Å². The lowest BCUT2D eigenvalue weighted by molar-refractivity contribution is -0.141. The molecule has 2 atom stereocenters. The van der Waals surface area contributed by atoms with E-state index in [0.717, 1.165) is 31.6 Å². The number of nitrogens with one attached hydrogen (secondary N) is 2. The molecule has 0 bridgehead atoms. The summed E-state index contributed by atoms with van der Waals surface area (Å²) in [5.74, 6) is 0.349. The first-order valence-electron chi connectivity index (χ1n) is 6.81. The van der Waals surface area contributed by atoms with Gasteiger partial charge in [-0.15, -0.1) is 0 Å². The molecule has 0 heterocycles. The minimum absolute atomic E-state index is 0.0667. The van der Waals surface area contributed by atoms with Gasteiger partial charge in [0.15, 0.2) is 0 Å². The molecular formula is C13H24N2O3. The van der Waals surface area contributed by atoms with Crippen molar-refractivity contribution in [1.29, 1.82) is 0 Å². The summed E-state index contributed by atoms with van der Waals surface area (Å²) in [5.41, 5.74) is 0. The topological polar surface area (TPSA) is 67.4 Å². The number of hydrogen-bond donors (Lipinski definition) is 2. The van der Waals surface area contributed by atoms with E-state index in [4.69, 9.17) is 4.74 Å². The van der Waals surface area contributed by atoms with Crippen molar-refractivity contribution in [2.24, 2.45) is 5.92 Å². The Bertz CT molecular complexity index is 281. The fraction of sp³-hybridized carbons (Fsp3) is 0.846. The second kappa shape index (κ2) is 7.95. The highest BCUT2D eigenvalue weighted by atomic mass is 16.5. The van der Waals surface area contributed by atoms with E-state index in [1.807, 2.05) is 0 Å². The molecule has 0 radical (unpaired) electrons. The van der Waals surface area contributed by atoms with Crippen molar-refractivity contribution in [3.8, 4) is 0 Å². The first-order valence-corrected chi connectivity index (χ1v) is 6.81. The van der Waals surface area contributed by atoms with Crippen LogP contribution in [-0.2, 0) is 9.53 Å². The molecular weight excluding hydrogens is 232 g/mol. The van der Waals surface area contributed by atoms with Gasteiger partial charge >= 0.3 is 12.0 Å². The SMILES string of the molecule is CCOC(=O)CNC(=O)NC1CCCC(C)CC1. The van der Waals surface area contributed by atoms with E-state index < -0.39 is 5.97 Å². The molecule has 1 saturated carbocycles. The molecule has 5 nitrogen and oxygen atoms in total. The van der Waals surface area contributed by atoms with E-state index in [0.29, 0.717) is 6.61 Å². The number of carbonyl (C=O) groups excluding carboxylic acids is 2. The largest absolute Gasteiger partial charge is 0.465 e. The standard InChI is InChI=1S/C13H24N2O3/c1-3-18-12(16)9-14-13(17)15-11-6-4-5-10(2)7-8-11/h10-11H,3-9H2,1-2H3,(H2,14,15,17). The molecule has 0 aromatic carbocycles. The summed E-state index contributed by atoms with van der Waals surface area (Å²) in [6, 6.07) is -0.0419. The Kier molecular flexibility index (Phi) is 6.54. The molecule has 1 fully saturated rings. The molecule has 18 heavy (non-hydrogen) atoms. The average Bonchev–Trinajstić information content (AvgIpc) is 2.52. The van der Waals surface area contributed by atoms with Gasteiger partial charge in [0.1, 0.15) is 6.54 Å². The van der Waals surface area contributed by atoms with Crippen LogP contribution in [0.25, 0.3) is 0 Å². The third-order valence-electron chi connectivity index (χ3n) is 3.29. The number of urea groups is 1. The Morgan fingerprint density at radius 3 is 2.72 bits per heavy atom. The molecule has 2 amide bonds. The maximum atomic E-state index is 11.6. The highest BCUT2D eigenvalue weighted by Gasteiger charge is 2.18. The quantitative estimate of drug-likeness (QED) is 0.595. The maximum Gasteiger partial charge on any atom is 0.325 e. The van der Waals surface area contributed by atoms with Gasteiger partial charge in [0, 0.05) is 6.04 Å². The smallest absolute Gasteiger partial charge is 0.325 e. The van der Waals surface area contributed by atoms with Crippen LogP contribution >= 0.6 is 0 Å². The van der Waals surface area contributed by atoms with Gasteiger partial charge in [0.2, 0.25) is 0 Å². The molecule has 0 saturated heterocycles. The lowest BCUT2D eigenvalue weighted by Crippen LogP contribution is -2.43. The molecule has 2 N–H and O–H groups in total. The first kappa shape index (κ1) is 14.8. The molecule has 1 rings (SSSR count). The summed E-state index contributed by atoms with van der Waals surface area (Å²) < 4.78 is 4.73. The van der Waals surface area contributed by atoms with Crippen molar-refractivity contribution < 1.29 is 14.3 Å². The minimum atomic E-state index is -0.401. The third-order valence-corrected chi connectivity index (χ3v) is 3.29. The summed E-state index contributed by atoms with van der Waals surface area (Å²) >= 11 is 0. The van der Waals surface area contributed by atoms with Gasteiger partial charge < -0.3 is 15.4 Å². The summed E-state index contributed by atoms with van der Waals surface area (Å²) in [7, 11) is 0. The summed E-state index contributed by atoms with van der Waals surface area (Å²) in [6.07, 6.45) is 5.60. The maximum absolute atomic E-state index is 11.6. The Morgan fingerprint density at radius 2 is 2.00 bits per heavy atom. The Morgan fingerprint density at radius 1 is 1.22 bits per heavy atom. The number of ether oxygens (including phenoxy) is 1. The molecule has 1 aliphatic rings. The van der Waals surface area contributed by atoms with Crippen LogP contribution in [0.5, 0.6) is 0 Å². The average molecular weight is 256 g/mol. The van der Waals surface area contributed by atoms with Crippen LogP contribution in [0.15, 0.2) is 0 Å². The summed E-state index contributed by atoms with van der Waals surface area (Å²) in [4.78, 5) is 22.7. The van der Waals surface area contributed by atoms with Gasteiger partial charge in [-0.25, -0.2) is 4.79 Å². The Balaban J connectivity index is 2.20. The molecule has 1 aliphatic carbocycles. The summed E-state index contributed by atoms with van der Waals surface area (Å²) in [5, 5.41) is 5.44. The normalized spacial score (nSPS) is 23.9. The minimum Gasteiger partial charge on any atom is -0.465 e. The van der Waals surface area contributed by atoms with Crippen LogP contribution in [0.1, 0.15) is 46.0 Å². The van der Waals surface area contributed by atoms with Gasteiger partial charge in [0.05, 0.1) is 6.61 Å². The van der Waals surface area contributed by atoms with Crippen molar-refractivity contribution in [3.63, 3.8) is 0 Å². The van der Waals surface area contributed by atoms with Crippen molar-refractivity contribution in [2.75, 3.05) is 13.2 Å². The monoisotopic (exact) mass is 256 g/mol. The lowest BCUT2D eigenvalue weighted by atomic mass is 10.0. The zero-order valence-corrected chi connectivity index (χ0v) is 11.3. The first-order chi connectivity index (χ1) is 8.61. The predicted octanol–water partition coefficient (Wildman–Crippen LogP) is 1.82. The molecule has 5 heteroatoms. The molecule has 0 spiro atoms. The van der Waals surface area contributed by atoms with Crippen LogP contribution in [0.4, 0.5) is 4.79 Å². The second-order valence-electron chi connectivity index (χ2n) is 4.94.